The van der Waals surface area contributed by atoms with E-state index in [2.05, 4.69) is 26.1 Å². The van der Waals surface area contributed by atoms with Gasteiger partial charge in [0.05, 0.1) is 0 Å². The highest BCUT2D eigenvalue weighted by molar-refractivity contribution is 8.21. The molecule has 1 atom stereocenters. The summed E-state index contributed by atoms with van der Waals surface area (Å²) in [5, 5.41) is 0.706. The van der Waals surface area contributed by atoms with Crippen LogP contribution in [0.2, 0.25) is 0 Å². The van der Waals surface area contributed by atoms with Crippen molar-refractivity contribution < 1.29 is 0 Å². The molecule has 0 saturated carbocycles. The minimum atomic E-state index is 0.706. The van der Waals surface area contributed by atoms with Gasteiger partial charge in [-0.3, -0.25) is 0 Å². The third kappa shape index (κ3) is 4.29. The molecule has 0 nitrogen and oxygen atoms in total. The maximum absolute atomic E-state index is 4.63. The van der Waals surface area contributed by atoms with Crippen molar-refractivity contribution in [2.75, 3.05) is 0 Å². The quantitative estimate of drug-likeness (QED) is 0.544. The number of hydrogen-bond acceptors (Lipinski definition) is 2. The van der Waals surface area contributed by atoms with Crippen LogP contribution in [0, 0.1) is 0 Å². The smallest absolute Gasteiger partial charge is 0.0344 e. The fourth-order valence-corrected chi connectivity index (χ4v) is 1.14. The first kappa shape index (κ1) is 7.44. The fourth-order valence-electron chi connectivity index (χ4n) is 0.191. The number of thiocarbonyl (C=S) groups is 1. The van der Waals surface area contributed by atoms with Crippen molar-refractivity contribution in [3.63, 3.8) is 0 Å². The van der Waals surface area contributed by atoms with E-state index < -0.39 is 0 Å². The van der Waals surface area contributed by atoms with Crippen LogP contribution in [-0.2, 0) is 0 Å². The molecule has 0 aliphatic heterocycles. The van der Waals surface area contributed by atoms with Crippen LogP contribution in [0.3, 0.4) is 0 Å². The molecule has 0 rings (SSSR count). The van der Waals surface area contributed by atoms with Crippen LogP contribution in [0.4, 0.5) is 0 Å². The summed E-state index contributed by atoms with van der Waals surface area (Å²) in [5.41, 5.74) is 0. The highest BCUT2D eigenvalue weighted by atomic mass is 32.2. The summed E-state index contributed by atoms with van der Waals surface area (Å²) in [6.07, 6.45) is 1.21. The van der Waals surface area contributed by atoms with Gasteiger partial charge in [-0.05, 0) is 6.42 Å². The van der Waals surface area contributed by atoms with Crippen molar-refractivity contribution in [3.8, 4) is 0 Å². The minimum absolute atomic E-state index is 0.706. The molecule has 0 aromatic heterocycles. The molecular weight excluding hydrogens is 124 g/mol. The van der Waals surface area contributed by atoms with Crippen LogP contribution < -0.4 is 0 Å². The highest BCUT2D eigenvalue weighted by Gasteiger charge is 1.91. The van der Waals surface area contributed by atoms with Crippen molar-refractivity contribution in [2.24, 2.45) is 0 Å². The van der Waals surface area contributed by atoms with Gasteiger partial charge >= 0.3 is 0 Å². The van der Waals surface area contributed by atoms with Gasteiger partial charge in [0.1, 0.15) is 0 Å². The van der Waals surface area contributed by atoms with Gasteiger partial charge in [0.2, 0.25) is 0 Å². The Kier molecular flexibility index (Phi) is 4.88. The third-order valence-electron chi connectivity index (χ3n) is 0.863. The first-order chi connectivity index (χ1) is 3.31. The van der Waals surface area contributed by atoms with Gasteiger partial charge in [0.15, 0.2) is 0 Å². The average Bonchev–Trinajstić information content (AvgIpc) is 1.68. The third-order valence-corrected chi connectivity index (χ3v) is 2.11. The van der Waals surface area contributed by atoms with Gasteiger partial charge in [-0.15, -0.1) is 11.8 Å². The second-order valence-electron chi connectivity index (χ2n) is 1.45. The van der Waals surface area contributed by atoms with E-state index in [-0.39, 0.29) is 0 Å². The molecule has 0 radical (unpaired) electrons. The summed E-state index contributed by atoms with van der Waals surface area (Å²) in [4.78, 5) is 0. The van der Waals surface area contributed by atoms with E-state index in [9.17, 15) is 0 Å². The molecule has 0 aromatic carbocycles. The predicted molar refractivity (Wildman–Crippen MR) is 41.0 cm³/mol. The highest BCUT2D eigenvalue weighted by Crippen LogP contribution is 2.08. The monoisotopic (exact) mass is 134 g/mol. The molecule has 7 heavy (non-hydrogen) atoms. The topological polar surface area (TPSA) is 0 Å². The van der Waals surface area contributed by atoms with Gasteiger partial charge in [0.25, 0.3) is 0 Å². The molecule has 1 unspecified atom stereocenters. The molecular formula is C5H10S2. The molecule has 2 heteroatoms. The Morgan fingerprint density at radius 2 is 2.43 bits per heavy atom. The maximum atomic E-state index is 4.63. The van der Waals surface area contributed by atoms with Gasteiger partial charge in [0, 0.05) is 9.95 Å². The van der Waals surface area contributed by atoms with Gasteiger partial charge < -0.3 is 0 Å². The van der Waals surface area contributed by atoms with Gasteiger partial charge in [-0.1, -0.05) is 26.1 Å². The molecule has 0 aromatic rings. The largest absolute Gasteiger partial charge is 0.119 e. The van der Waals surface area contributed by atoms with E-state index >= 15 is 0 Å². The summed E-state index contributed by atoms with van der Waals surface area (Å²) in [6, 6.07) is 0. The summed E-state index contributed by atoms with van der Waals surface area (Å²) in [6.45, 7) is 4.34. The van der Waals surface area contributed by atoms with Crippen LogP contribution in [-0.4, -0.2) is 9.95 Å². The Hall–Kier alpha value is 0.440. The molecule has 0 fully saturated rings. The molecule has 0 saturated heterocycles. The lowest BCUT2D eigenvalue weighted by atomic mass is 10.4. The fraction of sp³-hybridized carbons (Fsp3) is 0.800. The lowest BCUT2D eigenvalue weighted by molar-refractivity contribution is 0.911. The van der Waals surface area contributed by atoms with Crippen molar-refractivity contribution in [2.45, 2.75) is 25.5 Å². The molecule has 0 aliphatic carbocycles. The summed E-state index contributed by atoms with van der Waals surface area (Å²) >= 11 is 6.35. The second kappa shape index (κ2) is 4.60. The molecule has 0 heterocycles. The maximum Gasteiger partial charge on any atom is 0.0344 e. The number of rotatable bonds is 3. The Morgan fingerprint density at radius 1 is 1.86 bits per heavy atom. The van der Waals surface area contributed by atoms with Crippen LogP contribution in [0.15, 0.2) is 0 Å². The first-order valence-corrected chi connectivity index (χ1v) is 3.81. The Balaban J connectivity index is 2.98. The standard InChI is InChI=1S/C5H10S2/c1-3-5(2)7-4-6/h4-5H,3H2,1-2H3. The van der Waals surface area contributed by atoms with Crippen molar-refractivity contribution in [3.05, 3.63) is 0 Å². The van der Waals surface area contributed by atoms with Crippen LogP contribution in [0.25, 0.3) is 0 Å². The summed E-state index contributed by atoms with van der Waals surface area (Å²) in [5.74, 6) is 0. The zero-order valence-electron chi connectivity index (χ0n) is 4.68. The predicted octanol–water partition coefficient (Wildman–Crippen LogP) is 2.48. The van der Waals surface area contributed by atoms with E-state index in [4.69, 9.17) is 0 Å². The first-order valence-electron chi connectivity index (χ1n) is 2.40. The Morgan fingerprint density at radius 3 is 2.57 bits per heavy atom. The van der Waals surface area contributed by atoms with Crippen molar-refractivity contribution in [1.82, 2.24) is 0 Å². The average molecular weight is 134 g/mol. The molecule has 0 amide bonds. The van der Waals surface area contributed by atoms with Crippen LogP contribution >= 0.6 is 24.0 Å². The van der Waals surface area contributed by atoms with Gasteiger partial charge in [-0.25, -0.2) is 0 Å². The minimum Gasteiger partial charge on any atom is -0.119 e. The van der Waals surface area contributed by atoms with E-state index in [1.165, 1.54) is 6.42 Å². The lowest BCUT2D eigenvalue weighted by Gasteiger charge is -1.98. The van der Waals surface area contributed by atoms with Crippen LogP contribution in [0.5, 0.6) is 0 Å². The second-order valence-corrected chi connectivity index (χ2v) is 3.30. The van der Waals surface area contributed by atoms with E-state index in [1.807, 2.05) is 0 Å². The van der Waals surface area contributed by atoms with Crippen LogP contribution in [0.1, 0.15) is 20.3 Å². The Labute approximate surface area is 54.7 Å². The molecule has 0 aliphatic rings. The zero-order valence-corrected chi connectivity index (χ0v) is 6.31. The number of thioether (sulfide) groups is 1. The summed E-state index contributed by atoms with van der Waals surface area (Å²) in [7, 11) is 0. The SMILES string of the molecule is CCC(C)SC=S. The van der Waals surface area contributed by atoms with E-state index in [0.717, 1.165) is 0 Å². The molecule has 0 bridgehead atoms. The van der Waals surface area contributed by atoms with Gasteiger partial charge in [-0.2, -0.15) is 0 Å². The Bertz CT molecular complexity index is 52.0. The normalized spacial score (nSPS) is 13.4. The van der Waals surface area contributed by atoms with Crippen molar-refractivity contribution in [1.29, 1.82) is 0 Å². The summed E-state index contributed by atoms with van der Waals surface area (Å²) < 4.78 is 1.73. The number of hydrogen-bond donors (Lipinski definition) is 0. The zero-order chi connectivity index (χ0) is 5.70. The molecule has 0 N–H and O–H groups in total. The lowest BCUT2D eigenvalue weighted by Crippen LogP contribution is -1.89. The molecule has 42 valence electrons. The van der Waals surface area contributed by atoms with E-state index in [1.54, 1.807) is 16.5 Å². The van der Waals surface area contributed by atoms with E-state index in [0.29, 0.717) is 5.25 Å². The molecule has 0 spiro atoms. The van der Waals surface area contributed by atoms with Crippen molar-refractivity contribution >= 4 is 28.7 Å².